The Morgan fingerprint density at radius 2 is 2.25 bits per heavy atom. The summed E-state index contributed by atoms with van der Waals surface area (Å²) in [5.74, 6) is 0.605. The SMILES string of the molecule is C/C=C(\NC)c1cc([N+](=O)[O-])ccc1OC. The van der Waals surface area contributed by atoms with Crippen LogP contribution in [0.15, 0.2) is 24.3 Å². The predicted octanol–water partition coefficient (Wildman–Crippen LogP) is 2.18. The summed E-state index contributed by atoms with van der Waals surface area (Å²) >= 11 is 0. The summed E-state index contributed by atoms with van der Waals surface area (Å²) in [6.45, 7) is 1.85. The molecule has 1 N–H and O–H groups in total. The fourth-order valence-corrected chi connectivity index (χ4v) is 1.45. The number of nitro groups is 1. The Morgan fingerprint density at radius 1 is 1.56 bits per heavy atom. The van der Waals surface area contributed by atoms with Gasteiger partial charge in [0.2, 0.25) is 0 Å². The summed E-state index contributed by atoms with van der Waals surface area (Å²) in [4.78, 5) is 10.3. The Labute approximate surface area is 93.9 Å². The quantitative estimate of drug-likeness (QED) is 0.626. The molecule has 5 nitrogen and oxygen atoms in total. The molecule has 0 bridgehead atoms. The number of methoxy groups -OCH3 is 1. The number of benzene rings is 1. The maximum Gasteiger partial charge on any atom is 0.270 e. The highest BCUT2D eigenvalue weighted by Crippen LogP contribution is 2.28. The van der Waals surface area contributed by atoms with Crippen molar-refractivity contribution in [3.05, 3.63) is 40.0 Å². The Bertz CT molecular complexity index is 427. The molecule has 0 aliphatic rings. The van der Waals surface area contributed by atoms with Crippen molar-refractivity contribution in [1.82, 2.24) is 5.32 Å². The molecule has 0 heterocycles. The number of ether oxygens (including phenoxy) is 1. The molecule has 86 valence electrons. The van der Waals surface area contributed by atoms with Crippen LogP contribution in [0.3, 0.4) is 0 Å². The number of nitrogens with one attached hydrogen (secondary N) is 1. The van der Waals surface area contributed by atoms with Gasteiger partial charge in [0.05, 0.1) is 12.0 Å². The van der Waals surface area contributed by atoms with Crippen LogP contribution in [-0.4, -0.2) is 19.1 Å². The van der Waals surface area contributed by atoms with Crippen molar-refractivity contribution in [3.63, 3.8) is 0 Å². The second-order valence-electron chi connectivity index (χ2n) is 3.09. The summed E-state index contributed by atoms with van der Waals surface area (Å²) in [5.41, 5.74) is 1.52. The first kappa shape index (κ1) is 12.0. The monoisotopic (exact) mass is 222 g/mol. The largest absolute Gasteiger partial charge is 0.496 e. The van der Waals surface area contributed by atoms with E-state index in [4.69, 9.17) is 4.74 Å². The topological polar surface area (TPSA) is 64.4 Å². The van der Waals surface area contributed by atoms with Crippen molar-refractivity contribution in [2.24, 2.45) is 0 Å². The third-order valence-corrected chi connectivity index (χ3v) is 2.24. The van der Waals surface area contributed by atoms with Crippen molar-refractivity contribution in [2.45, 2.75) is 6.92 Å². The summed E-state index contributed by atoms with van der Waals surface area (Å²) in [5, 5.41) is 13.6. The van der Waals surface area contributed by atoms with Crippen molar-refractivity contribution >= 4 is 11.4 Å². The minimum atomic E-state index is -0.425. The van der Waals surface area contributed by atoms with Gasteiger partial charge in [-0.3, -0.25) is 10.1 Å². The highest BCUT2D eigenvalue weighted by atomic mass is 16.6. The average molecular weight is 222 g/mol. The van der Waals surface area contributed by atoms with E-state index in [9.17, 15) is 10.1 Å². The summed E-state index contributed by atoms with van der Waals surface area (Å²) < 4.78 is 5.16. The minimum Gasteiger partial charge on any atom is -0.496 e. The summed E-state index contributed by atoms with van der Waals surface area (Å²) in [6.07, 6.45) is 1.83. The fraction of sp³-hybridized carbons (Fsp3) is 0.273. The van der Waals surface area contributed by atoms with Crippen LogP contribution in [0.2, 0.25) is 0 Å². The van der Waals surface area contributed by atoms with Gasteiger partial charge in [-0.05, 0) is 13.0 Å². The van der Waals surface area contributed by atoms with Crippen LogP contribution in [0.4, 0.5) is 5.69 Å². The minimum absolute atomic E-state index is 0.0467. The van der Waals surface area contributed by atoms with Crippen LogP contribution in [0.1, 0.15) is 12.5 Å². The first-order valence-corrected chi connectivity index (χ1v) is 4.81. The van der Waals surface area contributed by atoms with E-state index in [-0.39, 0.29) is 5.69 Å². The highest BCUT2D eigenvalue weighted by Gasteiger charge is 2.13. The predicted molar refractivity (Wildman–Crippen MR) is 62.4 cm³/mol. The molecule has 1 rings (SSSR count). The molecule has 16 heavy (non-hydrogen) atoms. The third-order valence-electron chi connectivity index (χ3n) is 2.24. The fourth-order valence-electron chi connectivity index (χ4n) is 1.45. The van der Waals surface area contributed by atoms with Crippen LogP contribution in [0.25, 0.3) is 5.70 Å². The zero-order valence-corrected chi connectivity index (χ0v) is 9.48. The van der Waals surface area contributed by atoms with Crippen molar-refractivity contribution in [2.75, 3.05) is 14.2 Å². The molecule has 0 saturated heterocycles. The van der Waals surface area contributed by atoms with Gasteiger partial charge < -0.3 is 10.1 Å². The molecular weight excluding hydrogens is 208 g/mol. The van der Waals surface area contributed by atoms with Crippen LogP contribution in [0.5, 0.6) is 5.75 Å². The lowest BCUT2D eigenvalue weighted by atomic mass is 10.1. The van der Waals surface area contributed by atoms with Crippen molar-refractivity contribution in [1.29, 1.82) is 0 Å². The van der Waals surface area contributed by atoms with E-state index in [1.54, 1.807) is 13.1 Å². The molecule has 0 unspecified atom stereocenters. The Morgan fingerprint density at radius 3 is 2.69 bits per heavy atom. The molecule has 0 radical (unpaired) electrons. The van der Waals surface area contributed by atoms with E-state index < -0.39 is 4.92 Å². The maximum absolute atomic E-state index is 10.7. The summed E-state index contributed by atoms with van der Waals surface area (Å²) in [7, 11) is 3.29. The Balaban J connectivity index is 3.32. The number of nitro benzene ring substituents is 1. The van der Waals surface area contributed by atoms with Gasteiger partial charge in [0.25, 0.3) is 5.69 Å². The molecule has 0 saturated carbocycles. The van der Waals surface area contributed by atoms with E-state index in [2.05, 4.69) is 5.32 Å². The Hall–Kier alpha value is -2.04. The highest BCUT2D eigenvalue weighted by molar-refractivity contribution is 5.70. The maximum atomic E-state index is 10.7. The molecule has 0 fully saturated rings. The summed E-state index contributed by atoms with van der Waals surface area (Å²) in [6, 6.07) is 4.50. The standard InChI is InChI=1S/C11H14N2O3/c1-4-10(12-2)9-7-8(13(14)15)5-6-11(9)16-3/h4-7,12H,1-3H3/b10-4-. The van der Waals surface area contributed by atoms with E-state index in [0.717, 1.165) is 5.70 Å². The zero-order chi connectivity index (χ0) is 12.1. The molecule has 0 aliphatic heterocycles. The first-order chi connectivity index (χ1) is 7.63. The number of nitrogens with zero attached hydrogens (tertiary/aromatic N) is 1. The van der Waals surface area contributed by atoms with E-state index in [1.807, 2.05) is 13.0 Å². The molecule has 5 heteroatoms. The lowest BCUT2D eigenvalue weighted by Gasteiger charge is -2.11. The van der Waals surface area contributed by atoms with Gasteiger partial charge in [0.15, 0.2) is 0 Å². The smallest absolute Gasteiger partial charge is 0.270 e. The van der Waals surface area contributed by atoms with Crippen LogP contribution in [0, 0.1) is 10.1 Å². The molecule has 0 atom stereocenters. The van der Waals surface area contributed by atoms with E-state index in [0.29, 0.717) is 11.3 Å². The number of hydrogen-bond acceptors (Lipinski definition) is 4. The molecule has 0 amide bonds. The van der Waals surface area contributed by atoms with Gasteiger partial charge in [-0.2, -0.15) is 0 Å². The van der Waals surface area contributed by atoms with Crippen molar-refractivity contribution < 1.29 is 9.66 Å². The Kier molecular flexibility index (Phi) is 3.88. The van der Waals surface area contributed by atoms with Crippen LogP contribution >= 0.6 is 0 Å². The van der Waals surface area contributed by atoms with Gasteiger partial charge >= 0.3 is 0 Å². The second-order valence-corrected chi connectivity index (χ2v) is 3.09. The third kappa shape index (κ3) is 2.31. The van der Waals surface area contributed by atoms with Crippen LogP contribution in [-0.2, 0) is 0 Å². The number of hydrogen-bond donors (Lipinski definition) is 1. The van der Waals surface area contributed by atoms with E-state index in [1.165, 1.54) is 19.2 Å². The van der Waals surface area contributed by atoms with Gasteiger partial charge in [0, 0.05) is 30.4 Å². The molecule has 0 spiro atoms. The number of non-ortho nitro benzene ring substituents is 1. The lowest BCUT2D eigenvalue weighted by molar-refractivity contribution is -0.384. The van der Waals surface area contributed by atoms with Crippen molar-refractivity contribution in [3.8, 4) is 5.75 Å². The van der Waals surface area contributed by atoms with Gasteiger partial charge in [0.1, 0.15) is 5.75 Å². The normalized spacial score (nSPS) is 11.1. The molecule has 0 aromatic heterocycles. The average Bonchev–Trinajstić information content (AvgIpc) is 2.30. The second kappa shape index (κ2) is 5.16. The molecule has 0 aliphatic carbocycles. The molecule has 1 aromatic rings. The van der Waals surface area contributed by atoms with Gasteiger partial charge in [-0.15, -0.1) is 0 Å². The molecule has 1 aromatic carbocycles. The van der Waals surface area contributed by atoms with Crippen LogP contribution < -0.4 is 10.1 Å². The first-order valence-electron chi connectivity index (χ1n) is 4.81. The molecular formula is C11H14N2O3. The van der Waals surface area contributed by atoms with Gasteiger partial charge in [-0.25, -0.2) is 0 Å². The van der Waals surface area contributed by atoms with Gasteiger partial charge in [-0.1, -0.05) is 6.08 Å². The number of rotatable bonds is 4. The number of allylic oxidation sites excluding steroid dienone is 1. The zero-order valence-electron chi connectivity index (χ0n) is 9.48. The van der Waals surface area contributed by atoms with E-state index >= 15 is 0 Å². The lowest BCUT2D eigenvalue weighted by Crippen LogP contribution is -2.06.